The van der Waals surface area contributed by atoms with Crippen molar-refractivity contribution >= 4 is 40.4 Å². The van der Waals surface area contributed by atoms with Crippen LogP contribution >= 0.6 is 0 Å². The zero-order chi connectivity index (χ0) is 26.9. The van der Waals surface area contributed by atoms with Gasteiger partial charge in [0.05, 0.1) is 11.4 Å². The number of carbonyl (C=O) groups is 2. The second-order valence-corrected chi connectivity index (χ2v) is 9.15. The zero-order valence-electron chi connectivity index (χ0n) is 20.4. The number of H-pyrrole nitrogens is 1. The predicted octanol–water partition coefficient (Wildman–Crippen LogP) is 5.77. The van der Waals surface area contributed by atoms with E-state index >= 15 is 4.39 Å². The molecule has 0 aliphatic rings. The number of aromatic amines is 1. The molecule has 0 spiro atoms. The largest absolute Gasteiger partial charge is 0.346 e. The van der Waals surface area contributed by atoms with Crippen molar-refractivity contribution in [3.8, 4) is 11.3 Å². The van der Waals surface area contributed by atoms with Crippen LogP contribution in [0, 0.1) is 11.6 Å². The lowest BCUT2D eigenvalue weighted by atomic mass is 9.85. The number of rotatable bonds is 7. The van der Waals surface area contributed by atoms with Crippen molar-refractivity contribution in [3.63, 3.8) is 0 Å². The number of anilines is 3. The third kappa shape index (κ3) is 4.59. The molecule has 3 N–H and O–H groups in total. The number of nitrogens with zero attached hydrogens (tertiary/aromatic N) is 3. The number of aldehydes is 1. The summed E-state index contributed by atoms with van der Waals surface area (Å²) < 4.78 is 30.4. The molecule has 3 aromatic heterocycles. The Morgan fingerprint density at radius 2 is 1.87 bits per heavy atom. The summed E-state index contributed by atoms with van der Waals surface area (Å²) in [5.41, 5.74) is 0.965. The molecule has 38 heavy (non-hydrogen) atoms. The normalized spacial score (nSPS) is 11.4. The van der Waals surface area contributed by atoms with Crippen LogP contribution in [0.5, 0.6) is 0 Å². The molecule has 2 aromatic carbocycles. The number of halogens is 2. The third-order valence-electron chi connectivity index (χ3n) is 6.16. The van der Waals surface area contributed by atoms with Crippen molar-refractivity contribution in [1.29, 1.82) is 0 Å². The Hall–Kier alpha value is -4.99. The van der Waals surface area contributed by atoms with Gasteiger partial charge in [0.1, 0.15) is 35.6 Å². The maximum Gasteiger partial charge on any atom is 0.255 e. The highest BCUT2D eigenvalue weighted by Gasteiger charge is 2.22. The molecule has 0 atom stereocenters. The number of pyridine rings is 1. The van der Waals surface area contributed by atoms with E-state index in [-0.39, 0.29) is 17.1 Å². The highest BCUT2D eigenvalue weighted by molar-refractivity contribution is 6.05. The van der Waals surface area contributed by atoms with Gasteiger partial charge in [0.15, 0.2) is 5.82 Å². The summed E-state index contributed by atoms with van der Waals surface area (Å²) in [5, 5.41) is 5.94. The van der Waals surface area contributed by atoms with Crippen molar-refractivity contribution in [1.82, 2.24) is 19.9 Å². The van der Waals surface area contributed by atoms with Gasteiger partial charge in [-0.1, -0.05) is 12.1 Å². The van der Waals surface area contributed by atoms with Gasteiger partial charge in [-0.25, -0.2) is 23.7 Å². The highest BCUT2D eigenvalue weighted by Crippen LogP contribution is 2.34. The van der Waals surface area contributed by atoms with Gasteiger partial charge in [-0.2, -0.15) is 0 Å². The molecule has 0 unspecified atom stereocenters. The monoisotopic (exact) mass is 512 g/mol. The van der Waals surface area contributed by atoms with Gasteiger partial charge in [-0.3, -0.25) is 4.79 Å². The number of hydrogen-bond donors (Lipinski definition) is 3. The van der Waals surface area contributed by atoms with Gasteiger partial charge >= 0.3 is 0 Å². The fraction of sp³-hybridized carbons (Fsp3) is 0.107. The number of hydrogen-bond acceptors (Lipinski definition) is 6. The Kier molecular flexibility index (Phi) is 6.38. The van der Waals surface area contributed by atoms with Gasteiger partial charge in [-0.05, 0) is 61.9 Å². The Bertz CT molecular complexity index is 1680. The molecular formula is C28H22F2N6O2. The number of carbonyl (C=O) groups excluding carboxylic acids is 2. The fourth-order valence-electron chi connectivity index (χ4n) is 3.99. The van der Waals surface area contributed by atoms with E-state index in [9.17, 15) is 14.0 Å². The lowest BCUT2D eigenvalue weighted by Crippen LogP contribution is -2.20. The van der Waals surface area contributed by atoms with E-state index in [2.05, 4.69) is 30.6 Å². The Morgan fingerprint density at radius 3 is 2.68 bits per heavy atom. The van der Waals surface area contributed by atoms with Gasteiger partial charge in [-0.15, -0.1) is 0 Å². The van der Waals surface area contributed by atoms with E-state index in [0.29, 0.717) is 27.9 Å². The van der Waals surface area contributed by atoms with Crippen molar-refractivity contribution in [2.45, 2.75) is 19.3 Å². The van der Waals surface area contributed by atoms with E-state index in [1.54, 1.807) is 62.5 Å². The molecule has 5 rings (SSSR count). The second-order valence-electron chi connectivity index (χ2n) is 9.15. The van der Waals surface area contributed by atoms with Crippen LogP contribution in [0.4, 0.5) is 26.0 Å². The van der Waals surface area contributed by atoms with Crippen LogP contribution in [0.3, 0.4) is 0 Å². The number of amides is 1. The first kappa shape index (κ1) is 24.7. The average Bonchev–Trinajstić information content (AvgIpc) is 3.42. The summed E-state index contributed by atoms with van der Waals surface area (Å²) in [6.07, 6.45) is 5.37. The van der Waals surface area contributed by atoms with Crippen molar-refractivity contribution in [3.05, 3.63) is 96.1 Å². The first-order chi connectivity index (χ1) is 18.3. The molecule has 190 valence electrons. The van der Waals surface area contributed by atoms with Crippen LogP contribution in [-0.2, 0) is 10.2 Å². The Labute approximate surface area is 216 Å². The van der Waals surface area contributed by atoms with Crippen LogP contribution in [0.2, 0.25) is 0 Å². The predicted molar refractivity (Wildman–Crippen MR) is 140 cm³/mol. The van der Waals surface area contributed by atoms with E-state index in [1.165, 1.54) is 12.5 Å². The first-order valence-electron chi connectivity index (χ1n) is 11.6. The van der Waals surface area contributed by atoms with Crippen LogP contribution in [-0.4, -0.2) is 32.1 Å². The highest BCUT2D eigenvalue weighted by atomic mass is 19.1. The smallest absolute Gasteiger partial charge is 0.255 e. The molecule has 0 bridgehead atoms. The maximum absolute atomic E-state index is 15.5. The lowest BCUT2D eigenvalue weighted by molar-refractivity contribution is -0.111. The summed E-state index contributed by atoms with van der Waals surface area (Å²) in [5.74, 6) is -2.33. The molecule has 0 radical (unpaired) electrons. The topological polar surface area (TPSA) is 113 Å². The van der Waals surface area contributed by atoms with Gasteiger partial charge in [0.2, 0.25) is 0 Å². The zero-order valence-corrected chi connectivity index (χ0v) is 20.4. The second kappa shape index (κ2) is 9.81. The summed E-state index contributed by atoms with van der Waals surface area (Å²) in [7, 11) is 0. The number of benzene rings is 2. The van der Waals surface area contributed by atoms with Crippen LogP contribution in [0.25, 0.3) is 22.3 Å². The first-order valence-corrected chi connectivity index (χ1v) is 11.6. The molecule has 8 nitrogen and oxygen atoms in total. The minimum absolute atomic E-state index is 0.166. The van der Waals surface area contributed by atoms with Crippen LogP contribution in [0.15, 0.2) is 73.3 Å². The molecule has 0 saturated heterocycles. The summed E-state index contributed by atoms with van der Waals surface area (Å²) in [6.45, 7) is 3.45. The minimum Gasteiger partial charge on any atom is -0.346 e. The van der Waals surface area contributed by atoms with Gasteiger partial charge in [0.25, 0.3) is 5.91 Å². The SMILES string of the molecule is CC(C)(C=O)c1cccc(C(=O)Nc2ccc(F)c(Nc3ncccc3-c3ncnc4[nH]ccc34)c2F)c1. The standard InChI is InChI=1S/C28H22F2N6O2/c1-28(2,14-37)17-6-3-5-16(13-17)27(38)35-21-9-8-20(29)24(22(21)30)36-26-18(7-4-11-31-26)23-19-10-12-32-25(19)34-15-33-23/h3-15H,1-2H3,(H,31,36)(H,35,38)(H,32,33,34). The molecule has 0 saturated carbocycles. The van der Waals surface area contributed by atoms with Crippen LogP contribution in [0.1, 0.15) is 29.8 Å². The van der Waals surface area contributed by atoms with E-state index < -0.39 is 28.6 Å². The molecule has 5 aromatic rings. The van der Waals surface area contributed by atoms with Crippen molar-refractivity contribution < 1.29 is 18.4 Å². The minimum atomic E-state index is -1.01. The Morgan fingerprint density at radius 1 is 1.03 bits per heavy atom. The fourth-order valence-corrected chi connectivity index (χ4v) is 3.99. The van der Waals surface area contributed by atoms with Gasteiger partial charge in [0, 0.05) is 34.3 Å². The van der Waals surface area contributed by atoms with Gasteiger partial charge < -0.3 is 20.4 Å². The van der Waals surface area contributed by atoms with E-state index in [1.807, 2.05) is 0 Å². The van der Waals surface area contributed by atoms with Crippen molar-refractivity contribution in [2.24, 2.45) is 0 Å². The summed E-state index contributed by atoms with van der Waals surface area (Å²) in [4.78, 5) is 40.1. The molecule has 0 aliphatic heterocycles. The number of nitrogens with one attached hydrogen (secondary N) is 3. The van der Waals surface area contributed by atoms with Crippen LogP contribution < -0.4 is 10.6 Å². The number of aromatic nitrogens is 4. The molecule has 0 aliphatic carbocycles. The molecule has 3 heterocycles. The summed E-state index contributed by atoms with van der Waals surface area (Å²) >= 11 is 0. The van der Waals surface area contributed by atoms with Crippen molar-refractivity contribution in [2.75, 3.05) is 10.6 Å². The lowest BCUT2D eigenvalue weighted by Gasteiger charge is -2.18. The molecule has 0 fully saturated rings. The quantitative estimate of drug-likeness (QED) is 0.239. The number of fused-ring (bicyclic) bond motifs is 1. The summed E-state index contributed by atoms with van der Waals surface area (Å²) in [6, 6.07) is 13.9. The molecular weight excluding hydrogens is 490 g/mol. The Balaban J connectivity index is 1.47. The van der Waals surface area contributed by atoms with E-state index in [0.717, 1.165) is 18.4 Å². The molecule has 10 heteroatoms. The third-order valence-corrected chi connectivity index (χ3v) is 6.16. The van der Waals surface area contributed by atoms with E-state index in [4.69, 9.17) is 0 Å². The molecule has 1 amide bonds. The maximum atomic E-state index is 15.5. The average molecular weight is 513 g/mol.